The molecule has 0 aromatic rings. The molecule has 1 heterocycles. The minimum Gasteiger partial charge on any atom is -0.431 e. The molecule has 1 saturated carbocycles. The second-order valence-corrected chi connectivity index (χ2v) is 11.9. The fraction of sp³-hybridized carbons (Fsp3) is 0.815. The highest BCUT2D eigenvalue weighted by atomic mass is 16.5. The largest absolute Gasteiger partial charge is 0.431 e. The molecule has 1 aliphatic heterocycles. The van der Waals surface area contributed by atoms with Crippen LogP contribution in [-0.4, -0.2) is 12.0 Å². The number of carbonyl (C=O) groups excluding carboxylic acids is 1. The van der Waals surface area contributed by atoms with Crippen LogP contribution in [0.4, 0.5) is 0 Å². The van der Waals surface area contributed by atoms with Crippen molar-refractivity contribution < 1.29 is 9.53 Å². The second kappa shape index (κ2) is 8.89. The SMILES string of the molecule is CC(C)CCC[C@@H](C)C1=CC[C@H]2[C@@H]3CC(=O)OC4=CC(N=[N+]=[N-])CC[C@]4(C)[C@H]3CC[C@]12C. The Morgan fingerprint density at radius 3 is 2.62 bits per heavy atom. The smallest absolute Gasteiger partial charge is 0.311 e. The molecular weight excluding hydrogens is 398 g/mol. The van der Waals surface area contributed by atoms with Crippen LogP contribution >= 0.6 is 0 Å². The maximum Gasteiger partial charge on any atom is 0.311 e. The first-order valence-corrected chi connectivity index (χ1v) is 12.9. The molecule has 3 aliphatic carbocycles. The molecule has 5 nitrogen and oxygen atoms in total. The predicted molar refractivity (Wildman–Crippen MR) is 127 cm³/mol. The van der Waals surface area contributed by atoms with E-state index in [4.69, 9.17) is 10.3 Å². The van der Waals surface area contributed by atoms with Crippen LogP contribution in [0.1, 0.15) is 92.4 Å². The van der Waals surface area contributed by atoms with Crippen LogP contribution in [0.2, 0.25) is 0 Å². The first kappa shape index (κ1) is 23.4. The highest BCUT2D eigenvalue weighted by molar-refractivity contribution is 5.72. The molecule has 0 aromatic carbocycles. The number of ether oxygens (including phenoxy) is 1. The molecule has 176 valence electrons. The Labute approximate surface area is 193 Å². The molecule has 1 unspecified atom stereocenters. The van der Waals surface area contributed by atoms with Crippen molar-refractivity contribution >= 4 is 5.97 Å². The van der Waals surface area contributed by atoms with Gasteiger partial charge in [-0.05, 0) is 85.1 Å². The van der Waals surface area contributed by atoms with Crippen LogP contribution in [-0.2, 0) is 9.53 Å². The molecule has 2 fully saturated rings. The topological polar surface area (TPSA) is 75.1 Å². The quantitative estimate of drug-likeness (QED) is 0.139. The lowest BCUT2D eigenvalue weighted by atomic mass is 9.50. The molecule has 4 aliphatic rings. The maximum atomic E-state index is 12.9. The molecule has 5 heteroatoms. The third-order valence-electron chi connectivity index (χ3n) is 9.54. The average molecular weight is 440 g/mol. The summed E-state index contributed by atoms with van der Waals surface area (Å²) in [6.07, 6.45) is 14.1. The van der Waals surface area contributed by atoms with E-state index < -0.39 is 0 Å². The first-order valence-electron chi connectivity index (χ1n) is 12.9. The zero-order chi connectivity index (χ0) is 23.1. The lowest BCUT2D eigenvalue weighted by Gasteiger charge is -2.53. The second-order valence-electron chi connectivity index (χ2n) is 11.9. The summed E-state index contributed by atoms with van der Waals surface area (Å²) < 4.78 is 5.94. The van der Waals surface area contributed by atoms with Crippen LogP contribution in [0.25, 0.3) is 10.4 Å². The number of fused-ring (bicyclic) bond motifs is 5. The van der Waals surface area contributed by atoms with E-state index in [1.165, 1.54) is 25.7 Å². The molecular formula is C27H41N3O2. The third kappa shape index (κ3) is 4.02. The molecule has 0 bridgehead atoms. The summed E-state index contributed by atoms with van der Waals surface area (Å²) in [6.45, 7) is 11.8. The molecule has 1 saturated heterocycles. The Morgan fingerprint density at radius 2 is 1.91 bits per heavy atom. The maximum absolute atomic E-state index is 12.9. The zero-order valence-corrected chi connectivity index (χ0v) is 20.6. The van der Waals surface area contributed by atoms with Crippen molar-refractivity contribution in [1.29, 1.82) is 0 Å². The highest BCUT2D eigenvalue weighted by Crippen LogP contribution is 2.64. The molecule has 0 N–H and O–H groups in total. The summed E-state index contributed by atoms with van der Waals surface area (Å²) in [5.41, 5.74) is 10.6. The lowest BCUT2D eigenvalue weighted by Crippen LogP contribution is -2.47. The van der Waals surface area contributed by atoms with Crippen molar-refractivity contribution in [3.05, 3.63) is 33.9 Å². The van der Waals surface area contributed by atoms with Crippen molar-refractivity contribution in [3.8, 4) is 0 Å². The van der Waals surface area contributed by atoms with Crippen LogP contribution in [0.15, 0.2) is 28.6 Å². The zero-order valence-electron chi connectivity index (χ0n) is 20.6. The Morgan fingerprint density at radius 1 is 1.16 bits per heavy atom. The Balaban J connectivity index is 1.57. The van der Waals surface area contributed by atoms with Gasteiger partial charge in [0.05, 0.1) is 6.04 Å². The van der Waals surface area contributed by atoms with Gasteiger partial charge in [0.1, 0.15) is 5.76 Å². The molecule has 0 amide bonds. The third-order valence-corrected chi connectivity index (χ3v) is 9.54. The van der Waals surface area contributed by atoms with Crippen LogP contribution in [0.5, 0.6) is 0 Å². The standard InChI is InChI=1S/C27H41N3O2/c1-17(2)7-6-8-18(3)21-9-10-22-20-16-25(31)32-24-15-19(29-30-28)11-13-27(24,5)23(20)12-14-26(21,22)4/h9,15,17-20,22-23H,6-8,10-14,16H2,1-5H3/t18-,19?,20+,22+,23+,26-,27-/m1/s1. The number of allylic oxidation sites excluding steroid dienone is 3. The normalized spacial score (nSPS) is 39.5. The molecule has 7 atom stereocenters. The average Bonchev–Trinajstić information content (AvgIpc) is 3.03. The summed E-state index contributed by atoms with van der Waals surface area (Å²) in [6, 6.07) is -0.201. The fourth-order valence-corrected chi connectivity index (χ4v) is 7.77. The minimum absolute atomic E-state index is 0.0979. The summed E-state index contributed by atoms with van der Waals surface area (Å²) >= 11 is 0. The van der Waals surface area contributed by atoms with Gasteiger partial charge in [0.2, 0.25) is 0 Å². The number of carbonyl (C=O) groups is 1. The van der Waals surface area contributed by atoms with Gasteiger partial charge in [-0.15, -0.1) is 0 Å². The van der Waals surface area contributed by atoms with Gasteiger partial charge >= 0.3 is 5.97 Å². The molecule has 32 heavy (non-hydrogen) atoms. The van der Waals surface area contributed by atoms with Crippen LogP contribution in [0, 0.1) is 40.4 Å². The first-order chi connectivity index (χ1) is 15.2. The summed E-state index contributed by atoms with van der Waals surface area (Å²) in [7, 11) is 0. The van der Waals surface area contributed by atoms with Gasteiger partial charge in [0.25, 0.3) is 0 Å². The summed E-state index contributed by atoms with van der Waals surface area (Å²) in [4.78, 5) is 15.9. The Bertz CT molecular complexity index is 855. The molecule has 0 spiro atoms. The number of azide groups is 1. The Kier molecular flexibility index (Phi) is 6.51. The van der Waals surface area contributed by atoms with Gasteiger partial charge in [-0.2, -0.15) is 0 Å². The van der Waals surface area contributed by atoms with Gasteiger partial charge in [0.15, 0.2) is 0 Å². The highest BCUT2D eigenvalue weighted by Gasteiger charge is 2.58. The number of esters is 1. The van der Waals surface area contributed by atoms with E-state index in [9.17, 15) is 4.79 Å². The number of hydrogen-bond donors (Lipinski definition) is 0. The van der Waals surface area contributed by atoms with Gasteiger partial charge in [-0.1, -0.05) is 64.2 Å². The summed E-state index contributed by atoms with van der Waals surface area (Å²) in [5.74, 6) is 3.42. The van der Waals surface area contributed by atoms with Gasteiger partial charge in [-0.3, -0.25) is 4.79 Å². The van der Waals surface area contributed by atoms with Crippen LogP contribution < -0.4 is 0 Å². The summed E-state index contributed by atoms with van der Waals surface area (Å²) in [5, 5.41) is 3.90. The van der Waals surface area contributed by atoms with Crippen molar-refractivity contribution in [3.63, 3.8) is 0 Å². The molecule has 0 radical (unpaired) electrons. The van der Waals surface area contributed by atoms with E-state index in [0.717, 1.165) is 37.4 Å². The van der Waals surface area contributed by atoms with E-state index in [1.54, 1.807) is 5.57 Å². The van der Waals surface area contributed by atoms with Gasteiger partial charge in [-0.25, -0.2) is 0 Å². The van der Waals surface area contributed by atoms with E-state index in [0.29, 0.717) is 30.1 Å². The van der Waals surface area contributed by atoms with Crippen molar-refractivity contribution in [2.75, 3.05) is 0 Å². The predicted octanol–water partition coefficient (Wildman–Crippen LogP) is 7.74. The molecule has 4 rings (SSSR count). The van der Waals surface area contributed by atoms with E-state index >= 15 is 0 Å². The lowest BCUT2D eigenvalue weighted by molar-refractivity contribution is -0.141. The number of nitrogens with zero attached hydrogens (tertiary/aromatic N) is 3. The van der Waals surface area contributed by atoms with E-state index in [2.05, 4.69) is 50.7 Å². The minimum atomic E-state index is -0.201. The van der Waals surface area contributed by atoms with Gasteiger partial charge < -0.3 is 4.74 Å². The fourth-order valence-electron chi connectivity index (χ4n) is 7.77. The molecule has 0 aromatic heterocycles. The monoisotopic (exact) mass is 439 g/mol. The van der Waals surface area contributed by atoms with E-state index in [-0.39, 0.29) is 22.8 Å². The van der Waals surface area contributed by atoms with Crippen molar-refractivity contribution in [2.45, 2.75) is 98.4 Å². The van der Waals surface area contributed by atoms with Crippen molar-refractivity contribution in [2.24, 2.45) is 45.5 Å². The Hall–Kier alpha value is -1.74. The van der Waals surface area contributed by atoms with Gasteiger partial charge in [0, 0.05) is 16.7 Å². The van der Waals surface area contributed by atoms with Crippen LogP contribution in [0.3, 0.4) is 0 Å². The van der Waals surface area contributed by atoms with E-state index in [1.807, 2.05) is 6.08 Å². The number of hydrogen-bond acceptors (Lipinski definition) is 3. The number of rotatable bonds is 6. The van der Waals surface area contributed by atoms with Crippen molar-refractivity contribution in [1.82, 2.24) is 0 Å².